The van der Waals surface area contributed by atoms with Gasteiger partial charge in [-0.05, 0) is 25.2 Å². The molecule has 0 saturated carbocycles. The molecule has 0 aliphatic heterocycles. The van der Waals surface area contributed by atoms with Crippen LogP contribution in [0.15, 0.2) is 18.3 Å². The fraction of sp³-hybridized carbons (Fsp3) is 0.538. The summed E-state index contributed by atoms with van der Waals surface area (Å²) in [7, 11) is 1.78. The van der Waals surface area contributed by atoms with Crippen LogP contribution < -0.4 is 10.6 Å². The molecule has 0 radical (unpaired) electrons. The smallest absolute Gasteiger partial charge is 0.251 e. The quantitative estimate of drug-likeness (QED) is 0.763. The van der Waals surface area contributed by atoms with E-state index in [0.29, 0.717) is 17.9 Å². The van der Waals surface area contributed by atoms with Crippen molar-refractivity contribution in [2.45, 2.75) is 13.8 Å². The number of aromatic nitrogens is 1. The average molecular weight is 250 g/mol. The van der Waals surface area contributed by atoms with Crippen LogP contribution >= 0.6 is 0 Å². The molecule has 5 heteroatoms. The maximum atomic E-state index is 11.9. The second-order valence-corrected chi connectivity index (χ2v) is 3.96. The number of rotatable bonds is 7. The molecule has 0 saturated heterocycles. The van der Waals surface area contributed by atoms with Crippen LogP contribution in [0.4, 0.5) is 5.82 Å². The Hall–Kier alpha value is -1.62. The van der Waals surface area contributed by atoms with E-state index in [1.165, 1.54) is 0 Å². The van der Waals surface area contributed by atoms with Crippen molar-refractivity contribution >= 4 is 11.7 Å². The largest absolute Gasteiger partial charge is 0.373 e. The highest BCUT2D eigenvalue weighted by molar-refractivity contribution is 5.94. The normalized spacial score (nSPS) is 10.4. The molecule has 0 bridgehead atoms. The van der Waals surface area contributed by atoms with Gasteiger partial charge in [-0.15, -0.1) is 0 Å². The Labute approximate surface area is 109 Å². The van der Waals surface area contributed by atoms with Crippen molar-refractivity contribution in [3.8, 4) is 0 Å². The molecule has 1 aromatic heterocycles. The van der Waals surface area contributed by atoms with Gasteiger partial charge < -0.3 is 15.5 Å². The lowest BCUT2D eigenvalue weighted by Gasteiger charge is -2.17. The maximum Gasteiger partial charge on any atom is 0.251 e. The third-order valence-electron chi connectivity index (χ3n) is 2.89. The molecule has 18 heavy (non-hydrogen) atoms. The van der Waals surface area contributed by atoms with Crippen LogP contribution in [0.3, 0.4) is 0 Å². The summed E-state index contributed by atoms with van der Waals surface area (Å²) in [5.74, 6) is 0.646. The third kappa shape index (κ3) is 4.33. The Morgan fingerprint density at radius 1 is 1.39 bits per heavy atom. The van der Waals surface area contributed by atoms with E-state index in [4.69, 9.17) is 0 Å². The summed E-state index contributed by atoms with van der Waals surface area (Å²) in [4.78, 5) is 18.2. The summed E-state index contributed by atoms with van der Waals surface area (Å²) >= 11 is 0. The Morgan fingerprint density at radius 2 is 2.11 bits per heavy atom. The van der Waals surface area contributed by atoms with Crippen LogP contribution in [-0.2, 0) is 0 Å². The van der Waals surface area contributed by atoms with Gasteiger partial charge in [-0.25, -0.2) is 4.98 Å². The van der Waals surface area contributed by atoms with E-state index >= 15 is 0 Å². The zero-order valence-corrected chi connectivity index (χ0v) is 11.4. The first-order valence-electron chi connectivity index (χ1n) is 6.35. The second kappa shape index (κ2) is 7.66. The minimum atomic E-state index is -0.0546. The number of carbonyl (C=O) groups excluding carboxylic acids is 1. The standard InChI is InChI=1S/C13H22N4O/c1-4-17(5-2)9-8-16-13(18)11-6-7-15-12(10-11)14-3/h6-7,10H,4-5,8-9H2,1-3H3,(H,14,15)(H,16,18). The molecule has 5 nitrogen and oxygen atoms in total. The van der Waals surface area contributed by atoms with Crippen molar-refractivity contribution in [1.29, 1.82) is 0 Å². The molecule has 1 aromatic rings. The molecule has 0 aliphatic rings. The van der Waals surface area contributed by atoms with E-state index in [-0.39, 0.29) is 5.91 Å². The van der Waals surface area contributed by atoms with Crippen molar-refractivity contribution in [3.63, 3.8) is 0 Å². The minimum absolute atomic E-state index is 0.0546. The van der Waals surface area contributed by atoms with Gasteiger partial charge in [0.15, 0.2) is 0 Å². The molecule has 1 heterocycles. The number of hydrogen-bond acceptors (Lipinski definition) is 4. The van der Waals surface area contributed by atoms with Gasteiger partial charge in [-0.3, -0.25) is 4.79 Å². The van der Waals surface area contributed by atoms with Gasteiger partial charge in [0.05, 0.1) is 0 Å². The van der Waals surface area contributed by atoms with E-state index in [9.17, 15) is 4.79 Å². The second-order valence-electron chi connectivity index (χ2n) is 3.96. The zero-order valence-electron chi connectivity index (χ0n) is 11.4. The number of likely N-dealkylation sites (N-methyl/N-ethyl adjacent to an activating group) is 1. The molecule has 0 fully saturated rings. The highest BCUT2D eigenvalue weighted by Crippen LogP contribution is 2.05. The molecule has 0 aliphatic carbocycles. The fourth-order valence-electron chi connectivity index (χ4n) is 1.68. The van der Waals surface area contributed by atoms with E-state index in [1.54, 1.807) is 25.4 Å². The van der Waals surface area contributed by atoms with Crippen molar-refractivity contribution in [3.05, 3.63) is 23.9 Å². The number of anilines is 1. The van der Waals surface area contributed by atoms with Gasteiger partial charge in [0.1, 0.15) is 5.82 Å². The summed E-state index contributed by atoms with van der Waals surface area (Å²) in [6.07, 6.45) is 1.63. The van der Waals surface area contributed by atoms with Crippen molar-refractivity contribution < 1.29 is 4.79 Å². The minimum Gasteiger partial charge on any atom is -0.373 e. The van der Waals surface area contributed by atoms with Gasteiger partial charge >= 0.3 is 0 Å². The molecule has 1 rings (SSSR count). The van der Waals surface area contributed by atoms with Crippen LogP contribution in [0.5, 0.6) is 0 Å². The summed E-state index contributed by atoms with van der Waals surface area (Å²) in [5, 5.41) is 5.83. The van der Waals surface area contributed by atoms with Crippen molar-refractivity contribution in [2.24, 2.45) is 0 Å². The van der Waals surface area contributed by atoms with E-state index in [0.717, 1.165) is 19.6 Å². The van der Waals surface area contributed by atoms with Crippen LogP contribution in [0, 0.1) is 0 Å². The first-order valence-corrected chi connectivity index (χ1v) is 6.35. The predicted molar refractivity (Wildman–Crippen MR) is 73.9 cm³/mol. The monoisotopic (exact) mass is 250 g/mol. The molecule has 0 spiro atoms. The average Bonchev–Trinajstić information content (AvgIpc) is 2.43. The highest BCUT2D eigenvalue weighted by atomic mass is 16.1. The summed E-state index contributed by atoms with van der Waals surface area (Å²) in [6.45, 7) is 7.79. The van der Waals surface area contributed by atoms with Gasteiger partial charge in [-0.1, -0.05) is 13.8 Å². The Balaban J connectivity index is 2.45. The Kier molecular flexibility index (Phi) is 6.14. The number of pyridine rings is 1. The van der Waals surface area contributed by atoms with Crippen LogP contribution in [-0.4, -0.2) is 49.0 Å². The number of nitrogens with one attached hydrogen (secondary N) is 2. The van der Waals surface area contributed by atoms with Gasteiger partial charge in [0.25, 0.3) is 5.91 Å². The predicted octanol–water partition coefficient (Wildman–Crippen LogP) is 1.19. The summed E-state index contributed by atoms with van der Waals surface area (Å²) in [6, 6.07) is 3.46. The maximum absolute atomic E-state index is 11.9. The number of carbonyl (C=O) groups is 1. The first kappa shape index (κ1) is 14.4. The molecular weight excluding hydrogens is 228 g/mol. The van der Waals surface area contributed by atoms with Gasteiger partial charge in [0, 0.05) is 31.9 Å². The first-order chi connectivity index (χ1) is 8.71. The fourth-order valence-corrected chi connectivity index (χ4v) is 1.68. The topological polar surface area (TPSA) is 57.3 Å². The van der Waals surface area contributed by atoms with Crippen LogP contribution in [0.2, 0.25) is 0 Å². The molecule has 0 aromatic carbocycles. The number of hydrogen-bond donors (Lipinski definition) is 2. The molecule has 100 valence electrons. The van der Waals surface area contributed by atoms with Gasteiger partial charge in [0.2, 0.25) is 0 Å². The van der Waals surface area contributed by atoms with Crippen LogP contribution in [0.1, 0.15) is 24.2 Å². The Bertz CT molecular complexity index is 377. The molecule has 2 N–H and O–H groups in total. The summed E-state index contributed by atoms with van der Waals surface area (Å²) in [5.41, 5.74) is 0.633. The molecule has 1 amide bonds. The van der Waals surface area contributed by atoms with E-state index < -0.39 is 0 Å². The lowest BCUT2D eigenvalue weighted by Crippen LogP contribution is -2.34. The van der Waals surface area contributed by atoms with Crippen LogP contribution in [0.25, 0.3) is 0 Å². The zero-order chi connectivity index (χ0) is 13.4. The lowest BCUT2D eigenvalue weighted by molar-refractivity contribution is 0.0949. The SMILES string of the molecule is CCN(CC)CCNC(=O)c1ccnc(NC)c1. The van der Waals surface area contributed by atoms with Crippen molar-refractivity contribution in [1.82, 2.24) is 15.2 Å². The molecule has 0 unspecified atom stereocenters. The lowest BCUT2D eigenvalue weighted by atomic mass is 10.2. The number of amides is 1. The van der Waals surface area contributed by atoms with Gasteiger partial charge in [-0.2, -0.15) is 0 Å². The number of nitrogens with zero attached hydrogens (tertiary/aromatic N) is 2. The molecule has 0 atom stereocenters. The van der Waals surface area contributed by atoms with E-state index in [1.807, 2.05) is 0 Å². The highest BCUT2D eigenvalue weighted by Gasteiger charge is 2.06. The molecular formula is C13H22N4O. The van der Waals surface area contributed by atoms with E-state index in [2.05, 4.69) is 34.4 Å². The summed E-state index contributed by atoms with van der Waals surface area (Å²) < 4.78 is 0. The van der Waals surface area contributed by atoms with Crippen molar-refractivity contribution in [2.75, 3.05) is 38.5 Å². The third-order valence-corrected chi connectivity index (χ3v) is 2.89. The Morgan fingerprint density at radius 3 is 2.72 bits per heavy atom.